The number of carbonyl (C=O) groups is 1. The molecule has 0 radical (unpaired) electrons. The fraction of sp³-hybridized carbons (Fsp3) is 0.478. The van der Waals surface area contributed by atoms with E-state index in [0.717, 1.165) is 25.7 Å². The highest BCUT2D eigenvalue weighted by molar-refractivity contribution is 5.66. The van der Waals surface area contributed by atoms with Crippen molar-refractivity contribution in [3.05, 3.63) is 53.9 Å². The van der Waals surface area contributed by atoms with Gasteiger partial charge in [0.2, 0.25) is 0 Å². The monoisotopic (exact) mass is 353 g/mol. The van der Waals surface area contributed by atoms with Crippen molar-refractivity contribution in [3.8, 4) is 11.1 Å². The van der Waals surface area contributed by atoms with Crippen LogP contribution in [0, 0.1) is 12.8 Å². The van der Waals surface area contributed by atoms with Crippen molar-refractivity contribution < 1.29 is 9.90 Å². The minimum Gasteiger partial charge on any atom is -0.481 e. The fourth-order valence-electron chi connectivity index (χ4n) is 3.64. The van der Waals surface area contributed by atoms with Gasteiger partial charge in [0, 0.05) is 18.8 Å². The second-order valence-corrected chi connectivity index (χ2v) is 7.79. The number of aryl methyl sites for hydroxylation is 1. The van der Waals surface area contributed by atoms with Crippen molar-refractivity contribution >= 4 is 5.97 Å². The molecule has 1 unspecified atom stereocenters. The molecule has 0 aliphatic rings. The zero-order chi connectivity index (χ0) is 19.2. The van der Waals surface area contributed by atoms with E-state index >= 15 is 0 Å². The quantitative estimate of drug-likeness (QED) is 0.562. The molecule has 0 saturated heterocycles. The lowest BCUT2D eigenvalue weighted by Crippen LogP contribution is -2.29. The SMILES string of the molecule is Cc1ccc(-c2ccncc2)cc1C(C)(CCCCCC(=O)O)C(C)C. The third-order valence-electron chi connectivity index (χ3n) is 5.73. The van der Waals surface area contributed by atoms with Crippen LogP contribution in [-0.4, -0.2) is 16.1 Å². The summed E-state index contributed by atoms with van der Waals surface area (Å²) < 4.78 is 0. The zero-order valence-electron chi connectivity index (χ0n) is 16.5. The van der Waals surface area contributed by atoms with Gasteiger partial charge in [0.25, 0.3) is 0 Å². The summed E-state index contributed by atoms with van der Waals surface area (Å²) in [5.41, 5.74) is 5.22. The van der Waals surface area contributed by atoms with Crippen LogP contribution in [0.4, 0.5) is 0 Å². The average molecular weight is 354 g/mol. The summed E-state index contributed by atoms with van der Waals surface area (Å²) in [6.07, 6.45) is 7.80. The predicted molar refractivity (Wildman–Crippen MR) is 107 cm³/mol. The van der Waals surface area contributed by atoms with Crippen LogP contribution in [0.25, 0.3) is 11.1 Å². The number of benzene rings is 1. The molecule has 0 aliphatic carbocycles. The van der Waals surface area contributed by atoms with Crippen molar-refractivity contribution in [1.29, 1.82) is 0 Å². The van der Waals surface area contributed by atoms with Crippen molar-refractivity contribution in [2.75, 3.05) is 0 Å². The van der Waals surface area contributed by atoms with Crippen molar-refractivity contribution in [2.45, 2.75) is 65.2 Å². The maximum atomic E-state index is 10.7. The van der Waals surface area contributed by atoms with Gasteiger partial charge in [-0.1, -0.05) is 51.8 Å². The van der Waals surface area contributed by atoms with Crippen LogP contribution in [0.5, 0.6) is 0 Å². The molecule has 0 amide bonds. The van der Waals surface area contributed by atoms with Crippen LogP contribution in [0.15, 0.2) is 42.7 Å². The van der Waals surface area contributed by atoms with Gasteiger partial charge in [-0.3, -0.25) is 9.78 Å². The van der Waals surface area contributed by atoms with Gasteiger partial charge in [0.15, 0.2) is 0 Å². The summed E-state index contributed by atoms with van der Waals surface area (Å²) in [6.45, 7) is 9.12. The van der Waals surface area contributed by atoms with E-state index < -0.39 is 5.97 Å². The molecule has 0 fully saturated rings. The highest BCUT2D eigenvalue weighted by atomic mass is 16.4. The number of carboxylic acids is 1. The second kappa shape index (κ2) is 8.98. The number of nitrogens with zero attached hydrogens (tertiary/aromatic N) is 1. The highest BCUT2D eigenvalue weighted by Crippen LogP contribution is 2.40. The molecule has 2 aromatic rings. The van der Waals surface area contributed by atoms with E-state index in [9.17, 15) is 4.79 Å². The number of aromatic nitrogens is 1. The lowest BCUT2D eigenvalue weighted by Gasteiger charge is -2.36. The second-order valence-electron chi connectivity index (χ2n) is 7.79. The maximum Gasteiger partial charge on any atom is 0.303 e. The molecule has 26 heavy (non-hydrogen) atoms. The summed E-state index contributed by atoms with van der Waals surface area (Å²) in [5, 5.41) is 8.81. The lowest BCUT2D eigenvalue weighted by molar-refractivity contribution is -0.137. The summed E-state index contributed by atoms with van der Waals surface area (Å²) in [6, 6.07) is 10.8. The average Bonchev–Trinajstić information content (AvgIpc) is 2.62. The number of aliphatic carboxylic acids is 1. The molecule has 0 aliphatic heterocycles. The van der Waals surface area contributed by atoms with Gasteiger partial charge in [-0.15, -0.1) is 0 Å². The molecular formula is C23H31NO2. The first-order valence-electron chi connectivity index (χ1n) is 9.58. The van der Waals surface area contributed by atoms with Gasteiger partial charge in [-0.2, -0.15) is 0 Å². The van der Waals surface area contributed by atoms with Crippen LogP contribution in [0.2, 0.25) is 0 Å². The molecule has 1 aromatic heterocycles. The minimum atomic E-state index is -0.697. The molecule has 3 nitrogen and oxygen atoms in total. The van der Waals surface area contributed by atoms with Gasteiger partial charge in [-0.25, -0.2) is 0 Å². The van der Waals surface area contributed by atoms with E-state index in [1.165, 1.54) is 22.3 Å². The Kier molecular flexibility index (Phi) is 6.96. The summed E-state index contributed by atoms with van der Waals surface area (Å²) in [4.78, 5) is 14.8. The number of unbranched alkanes of at least 4 members (excludes halogenated alkanes) is 2. The number of pyridine rings is 1. The fourth-order valence-corrected chi connectivity index (χ4v) is 3.64. The van der Waals surface area contributed by atoms with E-state index in [1.54, 1.807) is 0 Å². The van der Waals surface area contributed by atoms with Crippen LogP contribution in [0.1, 0.15) is 64.0 Å². The first kappa shape index (κ1) is 20.2. The van der Waals surface area contributed by atoms with Crippen molar-refractivity contribution in [3.63, 3.8) is 0 Å². The molecule has 1 aromatic carbocycles. The molecule has 1 atom stereocenters. The molecule has 0 spiro atoms. The van der Waals surface area contributed by atoms with Crippen LogP contribution in [-0.2, 0) is 10.2 Å². The van der Waals surface area contributed by atoms with Crippen molar-refractivity contribution in [2.24, 2.45) is 5.92 Å². The molecule has 3 heteroatoms. The molecule has 1 heterocycles. The first-order valence-corrected chi connectivity index (χ1v) is 9.58. The molecule has 0 saturated carbocycles. The maximum absolute atomic E-state index is 10.7. The largest absolute Gasteiger partial charge is 0.481 e. The third kappa shape index (κ3) is 4.94. The number of rotatable bonds is 9. The van der Waals surface area contributed by atoms with Gasteiger partial charge >= 0.3 is 5.97 Å². The molecule has 1 N–H and O–H groups in total. The van der Waals surface area contributed by atoms with Crippen LogP contribution in [0.3, 0.4) is 0 Å². The number of hydrogen-bond donors (Lipinski definition) is 1. The van der Waals surface area contributed by atoms with E-state index in [0.29, 0.717) is 5.92 Å². The smallest absolute Gasteiger partial charge is 0.303 e. The Morgan fingerprint density at radius 2 is 1.77 bits per heavy atom. The number of hydrogen-bond acceptors (Lipinski definition) is 2. The van der Waals surface area contributed by atoms with E-state index in [4.69, 9.17) is 5.11 Å². The van der Waals surface area contributed by atoms with Gasteiger partial charge in [0.05, 0.1) is 0 Å². The Morgan fingerprint density at radius 1 is 1.08 bits per heavy atom. The molecule has 2 rings (SSSR count). The normalized spacial score (nSPS) is 13.6. The summed E-state index contributed by atoms with van der Waals surface area (Å²) >= 11 is 0. The van der Waals surface area contributed by atoms with E-state index in [-0.39, 0.29) is 11.8 Å². The van der Waals surface area contributed by atoms with E-state index in [2.05, 4.69) is 50.9 Å². The predicted octanol–water partition coefficient (Wildman–Crippen LogP) is 6.01. The lowest BCUT2D eigenvalue weighted by atomic mass is 9.68. The Hall–Kier alpha value is -2.16. The molecule has 140 valence electrons. The Bertz CT molecular complexity index is 724. The Balaban J connectivity index is 2.24. The van der Waals surface area contributed by atoms with Crippen LogP contribution < -0.4 is 0 Å². The Labute approximate surface area is 157 Å². The van der Waals surface area contributed by atoms with Crippen molar-refractivity contribution in [1.82, 2.24) is 4.98 Å². The Morgan fingerprint density at radius 3 is 2.38 bits per heavy atom. The summed E-state index contributed by atoms with van der Waals surface area (Å²) in [7, 11) is 0. The van der Waals surface area contributed by atoms with Gasteiger partial charge < -0.3 is 5.11 Å². The third-order valence-corrected chi connectivity index (χ3v) is 5.73. The molecular weight excluding hydrogens is 322 g/mol. The highest BCUT2D eigenvalue weighted by Gasteiger charge is 2.31. The standard InChI is InChI=1S/C23H31NO2/c1-17(2)23(4,13-7-5-6-8-22(25)26)21-16-20(10-9-18(21)3)19-11-14-24-15-12-19/h9-12,14-17H,5-8,13H2,1-4H3,(H,25,26). The number of carboxylic acid groups (broad SMARTS) is 1. The van der Waals surface area contributed by atoms with Crippen LogP contribution >= 0.6 is 0 Å². The molecule has 0 bridgehead atoms. The van der Waals surface area contributed by atoms with E-state index in [1.807, 2.05) is 24.5 Å². The van der Waals surface area contributed by atoms with Gasteiger partial charge in [0.1, 0.15) is 0 Å². The first-order chi connectivity index (χ1) is 12.3. The summed E-state index contributed by atoms with van der Waals surface area (Å²) in [5.74, 6) is -0.189. The minimum absolute atomic E-state index is 0.0797. The van der Waals surface area contributed by atoms with Gasteiger partial charge in [-0.05, 0) is 65.5 Å². The topological polar surface area (TPSA) is 50.2 Å². The zero-order valence-corrected chi connectivity index (χ0v) is 16.5.